The summed E-state index contributed by atoms with van der Waals surface area (Å²) in [4.78, 5) is 37.2. The van der Waals surface area contributed by atoms with E-state index in [4.69, 9.17) is 16.3 Å². The molecule has 1 atom stereocenters. The van der Waals surface area contributed by atoms with Gasteiger partial charge in [0.2, 0.25) is 5.91 Å². The van der Waals surface area contributed by atoms with Crippen molar-refractivity contribution in [1.29, 1.82) is 0 Å². The molecule has 1 unspecified atom stereocenters. The first-order valence-electron chi connectivity index (χ1n) is 10.4. The minimum absolute atomic E-state index is 0.0232. The van der Waals surface area contributed by atoms with Crippen molar-refractivity contribution in [1.82, 2.24) is 0 Å². The molecule has 0 aliphatic carbocycles. The second-order valence-electron chi connectivity index (χ2n) is 7.66. The Morgan fingerprint density at radius 3 is 2.53 bits per heavy atom. The molecule has 1 N–H and O–H groups in total. The number of hydrogen-bond donors (Lipinski definition) is 1. The molecule has 1 heterocycles. The molecule has 8 nitrogen and oxygen atoms in total. The molecule has 0 radical (unpaired) electrons. The fourth-order valence-corrected chi connectivity index (χ4v) is 3.61. The smallest absolute Gasteiger partial charge is 0.269 e. The standard InChI is InChI=1S/C25H20ClN3O5/c1-16-25(31)28(15-18-2-7-19(26)8-3-18)22-14-20(9-12-23(22)34-16)27-24(30)13-6-17-4-10-21(11-5-17)29(32)33/h2-14,16H,15H2,1H3,(H,27,30)/b13-6+. The molecule has 0 saturated heterocycles. The molecule has 2 amide bonds. The average molecular weight is 478 g/mol. The molecule has 0 spiro atoms. The summed E-state index contributed by atoms with van der Waals surface area (Å²) in [5.74, 6) is -0.0385. The van der Waals surface area contributed by atoms with Crippen LogP contribution in [-0.2, 0) is 16.1 Å². The number of fused-ring (bicyclic) bond motifs is 1. The van der Waals surface area contributed by atoms with E-state index in [1.165, 1.54) is 18.2 Å². The summed E-state index contributed by atoms with van der Waals surface area (Å²) >= 11 is 5.97. The zero-order chi connectivity index (χ0) is 24.2. The van der Waals surface area contributed by atoms with Gasteiger partial charge in [0, 0.05) is 28.9 Å². The van der Waals surface area contributed by atoms with Crippen LogP contribution in [0.1, 0.15) is 18.1 Å². The molecule has 3 aromatic carbocycles. The van der Waals surface area contributed by atoms with Crippen LogP contribution < -0.4 is 15.0 Å². The maximum atomic E-state index is 12.9. The molecule has 4 rings (SSSR count). The summed E-state index contributed by atoms with van der Waals surface area (Å²) < 4.78 is 5.74. The minimum atomic E-state index is -0.634. The van der Waals surface area contributed by atoms with Gasteiger partial charge in [0.1, 0.15) is 5.75 Å². The molecular formula is C25H20ClN3O5. The second-order valence-corrected chi connectivity index (χ2v) is 8.10. The van der Waals surface area contributed by atoms with E-state index >= 15 is 0 Å². The quantitative estimate of drug-likeness (QED) is 0.298. The molecular weight excluding hydrogens is 458 g/mol. The molecule has 0 aromatic heterocycles. The maximum Gasteiger partial charge on any atom is 0.269 e. The van der Waals surface area contributed by atoms with Crippen LogP contribution in [-0.4, -0.2) is 22.8 Å². The lowest BCUT2D eigenvalue weighted by molar-refractivity contribution is -0.384. The fourth-order valence-electron chi connectivity index (χ4n) is 3.48. The number of carbonyl (C=O) groups is 2. The SMILES string of the molecule is CC1Oc2ccc(NC(=O)/C=C/c3ccc([N+](=O)[O-])cc3)cc2N(Cc2ccc(Cl)cc2)C1=O. The number of nitro groups is 1. The Bertz CT molecular complexity index is 1270. The monoisotopic (exact) mass is 477 g/mol. The number of nitro benzene ring substituents is 1. The number of ether oxygens (including phenoxy) is 1. The Hall–Kier alpha value is -4.17. The number of anilines is 2. The van der Waals surface area contributed by atoms with Crippen LogP contribution >= 0.6 is 11.6 Å². The first kappa shape index (κ1) is 23.0. The first-order valence-corrected chi connectivity index (χ1v) is 10.8. The van der Waals surface area contributed by atoms with Crippen LogP contribution in [0.3, 0.4) is 0 Å². The molecule has 0 fully saturated rings. The normalized spacial score (nSPS) is 15.1. The first-order chi connectivity index (χ1) is 16.3. The molecule has 1 aliphatic rings. The number of amides is 2. The van der Waals surface area contributed by atoms with E-state index in [1.54, 1.807) is 60.4 Å². The van der Waals surface area contributed by atoms with Crippen molar-refractivity contribution in [3.05, 3.63) is 99.1 Å². The van der Waals surface area contributed by atoms with Crippen molar-refractivity contribution in [2.75, 3.05) is 10.2 Å². The highest BCUT2D eigenvalue weighted by atomic mass is 35.5. The van der Waals surface area contributed by atoms with Crippen molar-refractivity contribution in [3.63, 3.8) is 0 Å². The molecule has 3 aromatic rings. The highest BCUT2D eigenvalue weighted by Gasteiger charge is 2.31. The molecule has 1 aliphatic heterocycles. The lowest BCUT2D eigenvalue weighted by atomic mass is 10.1. The number of benzene rings is 3. The molecule has 0 bridgehead atoms. The maximum absolute atomic E-state index is 12.9. The van der Waals surface area contributed by atoms with Crippen LogP contribution in [0, 0.1) is 10.1 Å². The van der Waals surface area contributed by atoms with Crippen molar-refractivity contribution in [3.8, 4) is 5.75 Å². The zero-order valence-electron chi connectivity index (χ0n) is 18.1. The van der Waals surface area contributed by atoms with Crippen molar-refractivity contribution >= 4 is 46.6 Å². The van der Waals surface area contributed by atoms with Gasteiger partial charge in [-0.15, -0.1) is 0 Å². The number of nitrogens with one attached hydrogen (secondary N) is 1. The highest BCUT2D eigenvalue weighted by Crippen LogP contribution is 2.37. The number of carbonyl (C=O) groups excluding carboxylic acids is 2. The number of halogens is 1. The largest absolute Gasteiger partial charge is 0.479 e. The van der Waals surface area contributed by atoms with Gasteiger partial charge >= 0.3 is 0 Å². The van der Waals surface area contributed by atoms with E-state index in [-0.39, 0.29) is 17.5 Å². The third-order valence-corrected chi connectivity index (χ3v) is 5.47. The van der Waals surface area contributed by atoms with Gasteiger partial charge in [-0.05, 0) is 66.6 Å². The summed E-state index contributed by atoms with van der Waals surface area (Å²) in [6.45, 7) is 2.02. The predicted octanol–water partition coefficient (Wildman–Crippen LogP) is 5.21. The summed E-state index contributed by atoms with van der Waals surface area (Å²) in [7, 11) is 0. The fraction of sp³-hybridized carbons (Fsp3) is 0.120. The van der Waals surface area contributed by atoms with Crippen LogP contribution in [0.2, 0.25) is 5.02 Å². The van der Waals surface area contributed by atoms with E-state index in [0.717, 1.165) is 5.56 Å². The third kappa shape index (κ3) is 5.24. The van der Waals surface area contributed by atoms with Crippen LogP contribution in [0.5, 0.6) is 5.75 Å². The number of non-ortho nitro benzene ring substituents is 1. The van der Waals surface area contributed by atoms with Crippen molar-refractivity contribution < 1.29 is 19.2 Å². The zero-order valence-corrected chi connectivity index (χ0v) is 18.9. The highest BCUT2D eigenvalue weighted by molar-refractivity contribution is 6.30. The van der Waals surface area contributed by atoms with Gasteiger partial charge in [-0.3, -0.25) is 19.7 Å². The Balaban J connectivity index is 1.51. The third-order valence-electron chi connectivity index (χ3n) is 5.22. The average Bonchev–Trinajstić information content (AvgIpc) is 2.82. The van der Waals surface area contributed by atoms with Crippen LogP contribution in [0.15, 0.2) is 72.8 Å². The van der Waals surface area contributed by atoms with Crippen molar-refractivity contribution in [2.45, 2.75) is 19.6 Å². The van der Waals surface area contributed by atoms with Gasteiger partial charge in [-0.25, -0.2) is 0 Å². The Labute approximate surface area is 200 Å². The Morgan fingerprint density at radius 2 is 1.85 bits per heavy atom. The number of hydrogen-bond acceptors (Lipinski definition) is 5. The van der Waals surface area contributed by atoms with Crippen LogP contribution in [0.4, 0.5) is 17.1 Å². The predicted molar refractivity (Wildman–Crippen MR) is 130 cm³/mol. The van der Waals surface area contributed by atoms with E-state index in [9.17, 15) is 19.7 Å². The van der Waals surface area contributed by atoms with E-state index < -0.39 is 11.0 Å². The van der Waals surface area contributed by atoms with E-state index in [1.807, 2.05) is 12.1 Å². The lowest BCUT2D eigenvalue weighted by Gasteiger charge is -2.33. The molecule has 172 valence electrons. The van der Waals surface area contributed by atoms with Gasteiger partial charge in [0.25, 0.3) is 11.6 Å². The summed E-state index contributed by atoms with van der Waals surface area (Å²) in [6, 6.07) is 18.2. The van der Waals surface area contributed by atoms with E-state index in [2.05, 4.69) is 5.32 Å². The van der Waals surface area contributed by atoms with Gasteiger partial charge in [0.15, 0.2) is 6.10 Å². The Kier molecular flexibility index (Phi) is 6.60. The summed E-state index contributed by atoms with van der Waals surface area (Å²) in [5.41, 5.74) is 2.57. The summed E-state index contributed by atoms with van der Waals surface area (Å²) in [5, 5.41) is 14.1. The van der Waals surface area contributed by atoms with E-state index in [0.29, 0.717) is 34.3 Å². The van der Waals surface area contributed by atoms with Gasteiger partial charge < -0.3 is 15.0 Å². The van der Waals surface area contributed by atoms with Gasteiger partial charge in [-0.1, -0.05) is 23.7 Å². The minimum Gasteiger partial charge on any atom is -0.479 e. The molecule has 9 heteroatoms. The van der Waals surface area contributed by atoms with Crippen LogP contribution in [0.25, 0.3) is 6.08 Å². The Morgan fingerprint density at radius 1 is 1.15 bits per heavy atom. The number of nitrogens with zero attached hydrogens (tertiary/aromatic N) is 2. The van der Waals surface area contributed by atoms with Gasteiger partial charge in [-0.2, -0.15) is 0 Å². The topological polar surface area (TPSA) is 102 Å². The lowest BCUT2D eigenvalue weighted by Crippen LogP contribution is -2.44. The second kappa shape index (κ2) is 9.76. The molecule has 34 heavy (non-hydrogen) atoms. The van der Waals surface area contributed by atoms with Gasteiger partial charge in [0.05, 0.1) is 17.2 Å². The summed E-state index contributed by atoms with van der Waals surface area (Å²) in [6.07, 6.45) is 2.25. The van der Waals surface area contributed by atoms with Crippen molar-refractivity contribution in [2.24, 2.45) is 0 Å². The molecule has 0 saturated carbocycles. The number of rotatable bonds is 6.